The molecular weight excluding hydrogens is 496 g/mol. The maximum atomic E-state index is 11.0. The Morgan fingerprint density at radius 3 is 0.925 bits per heavy atom. The molecular formula is C35H74N2O3. The van der Waals surface area contributed by atoms with E-state index in [2.05, 4.69) is 105 Å². The lowest BCUT2D eigenvalue weighted by atomic mass is 10.1. The Labute approximate surface area is 252 Å². The Bertz CT molecular complexity index is 493. The standard InChI is InChI=1S/2C12H27N.C11H20O3/c2*1-10(2)7-13(8-11(3)4)9-12(5)6;1-3-5-7-9-11(13)14-10(12)8-6-4-2/h2*10-12H,7-9H2,1-6H3;3-9H2,1-2H3. The molecule has 0 N–H and O–H groups in total. The molecule has 0 fully saturated rings. The first-order valence-electron chi connectivity index (χ1n) is 16.7. The quantitative estimate of drug-likeness (QED) is 0.0879. The number of hydrogen-bond acceptors (Lipinski definition) is 5. The van der Waals surface area contributed by atoms with Crippen molar-refractivity contribution in [2.45, 2.75) is 142 Å². The summed E-state index contributed by atoms with van der Waals surface area (Å²) in [5.74, 6) is 3.98. The van der Waals surface area contributed by atoms with Crippen molar-refractivity contribution in [1.82, 2.24) is 9.80 Å². The second kappa shape index (κ2) is 28.2. The highest BCUT2D eigenvalue weighted by molar-refractivity contribution is 5.85. The summed E-state index contributed by atoms with van der Waals surface area (Å²) in [5.41, 5.74) is 0. The number of nitrogens with zero attached hydrogens (tertiary/aromatic N) is 2. The van der Waals surface area contributed by atoms with Crippen molar-refractivity contribution >= 4 is 11.9 Å². The van der Waals surface area contributed by atoms with Gasteiger partial charge >= 0.3 is 11.9 Å². The molecule has 0 aliphatic rings. The van der Waals surface area contributed by atoms with E-state index < -0.39 is 0 Å². The third kappa shape index (κ3) is 37.1. The zero-order valence-corrected chi connectivity index (χ0v) is 29.8. The van der Waals surface area contributed by atoms with E-state index in [0.717, 1.165) is 67.6 Å². The molecule has 0 aliphatic carbocycles. The number of carbonyl (C=O) groups excluding carboxylic acids is 2. The maximum Gasteiger partial charge on any atom is 0.313 e. The summed E-state index contributed by atoms with van der Waals surface area (Å²) in [6, 6.07) is 0. The van der Waals surface area contributed by atoms with Crippen LogP contribution in [0.2, 0.25) is 0 Å². The van der Waals surface area contributed by atoms with Crippen molar-refractivity contribution in [3.05, 3.63) is 0 Å². The Morgan fingerprint density at radius 1 is 0.450 bits per heavy atom. The van der Waals surface area contributed by atoms with Gasteiger partial charge < -0.3 is 14.5 Å². The molecule has 242 valence electrons. The molecule has 0 atom stereocenters. The van der Waals surface area contributed by atoms with Gasteiger partial charge in [-0.15, -0.1) is 0 Å². The number of ether oxygens (including phenoxy) is 1. The molecule has 0 spiro atoms. The minimum Gasteiger partial charge on any atom is -0.393 e. The Balaban J connectivity index is -0.000000514. The van der Waals surface area contributed by atoms with Crippen LogP contribution in [0.25, 0.3) is 0 Å². The monoisotopic (exact) mass is 571 g/mol. The fourth-order valence-electron chi connectivity index (χ4n) is 4.62. The van der Waals surface area contributed by atoms with E-state index in [1.54, 1.807) is 0 Å². The molecule has 0 aromatic rings. The van der Waals surface area contributed by atoms with E-state index in [9.17, 15) is 9.59 Å². The number of esters is 2. The largest absolute Gasteiger partial charge is 0.393 e. The van der Waals surface area contributed by atoms with E-state index in [-0.39, 0.29) is 11.9 Å². The van der Waals surface area contributed by atoms with E-state index in [1.165, 1.54) is 39.3 Å². The molecule has 0 rings (SSSR count). The van der Waals surface area contributed by atoms with Crippen LogP contribution in [-0.4, -0.2) is 61.0 Å². The third-order valence-corrected chi connectivity index (χ3v) is 5.69. The zero-order chi connectivity index (χ0) is 31.7. The molecule has 0 unspecified atom stereocenters. The summed E-state index contributed by atoms with van der Waals surface area (Å²) in [6.45, 7) is 39.1. The molecule has 0 aromatic heterocycles. The van der Waals surface area contributed by atoms with E-state index in [0.29, 0.717) is 12.8 Å². The predicted molar refractivity (Wildman–Crippen MR) is 177 cm³/mol. The van der Waals surface area contributed by atoms with Crippen LogP contribution in [0.15, 0.2) is 0 Å². The van der Waals surface area contributed by atoms with Crippen LogP contribution in [0.1, 0.15) is 142 Å². The van der Waals surface area contributed by atoms with Crippen LogP contribution in [0, 0.1) is 35.5 Å². The topological polar surface area (TPSA) is 49.9 Å². The summed E-state index contributed by atoms with van der Waals surface area (Å²) >= 11 is 0. The second-order valence-electron chi connectivity index (χ2n) is 14.2. The first-order chi connectivity index (χ1) is 18.5. The highest BCUT2D eigenvalue weighted by Crippen LogP contribution is 2.08. The van der Waals surface area contributed by atoms with Gasteiger partial charge in [0.25, 0.3) is 0 Å². The molecule has 40 heavy (non-hydrogen) atoms. The third-order valence-electron chi connectivity index (χ3n) is 5.69. The summed E-state index contributed by atoms with van der Waals surface area (Å²) in [4.78, 5) is 27.2. The summed E-state index contributed by atoms with van der Waals surface area (Å²) in [7, 11) is 0. The van der Waals surface area contributed by atoms with Crippen LogP contribution in [-0.2, 0) is 14.3 Å². The lowest BCUT2D eigenvalue weighted by Gasteiger charge is -2.27. The van der Waals surface area contributed by atoms with Gasteiger partial charge in [-0.3, -0.25) is 9.59 Å². The molecule has 5 heteroatoms. The molecule has 0 bridgehead atoms. The van der Waals surface area contributed by atoms with Gasteiger partial charge in [-0.2, -0.15) is 0 Å². The van der Waals surface area contributed by atoms with Crippen molar-refractivity contribution in [2.24, 2.45) is 35.5 Å². The average Bonchev–Trinajstić information content (AvgIpc) is 2.76. The van der Waals surface area contributed by atoms with Gasteiger partial charge in [0.1, 0.15) is 0 Å². The summed E-state index contributed by atoms with van der Waals surface area (Å²) < 4.78 is 4.62. The Hall–Kier alpha value is -0.940. The predicted octanol–water partition coefficient (Wildman–Crippen LogP) is 9.34. The highest BCUT2D eigenvalue weighted by atomic mass is 16.6. The van der Waals surface area contributed by atoms with Gasteiger partial charge in [-0.05, 0) is 48.3 Å². The van der Waals surface area contributed by atoms with Crippen molar-refractivity contribution in [3.63, 3.8) is 0 Å². The molecule has 0 amide bonds. The second-order valence-corrected chi connectivity index (χ2v) is 14.2. The van der Waals surface area contributed by atoms with Crippen molar-refractivity contribution in [2.75, 3.05) is 39.3 Å². The molecule has 5 nitrogen and oxygen atoms in total. The van der Waals surface area contributed by atoms with Crippen molar-refractivity contribution in [3.8, 4) is 0 Å². The van der Waals surface area contributed by atoms with Gasteiger partial charge in [0.2, 0.25) is 0 Å². The molecule has 0 aliphatic heterocycles. The van der Waals surface area contributed by atoms with Crippen LogP contribution in [0.4, 0.5) is 0 Å². The Kier molecular flexibility index (Phi) is 30.7. The smallest absolute Gasteiger partial charge is 0.313 e. The van der Waals surface area contributed by atoms with E-state index in [1.807, 2.05) is 6.92 Å². The summed E-state index contributed by atoms with van der Waals surface area (Å²) in [5, 5.41) is 0. The van der Waals surface area contributed by atoms with Crippen LogP contribution >= 0.6 is 0 Å². The molecule has 0 saturated carbocycles. The first kappa shape index (κ1) is 43.5. The van der Waals surface area contributed by atoms with Gasteiger partial charge in [0.15, 0.2) is 0 Å². The lowest BCUT2D eigenvalue weighted by Crippen LogP contribution is -2.34. The maximum absolute atomic E-state index is 11.0. The minimum atomic E-state index is -0.381. The first-order valence-corrected chi connectivity index (χ1v) is 16.7. The highest BCUT2D eigenvalue weighted by Gasteiger charge is 2.12. The molecule has 0 aromatic carbocycles. The van der Waals surface area contributed by atoms with Gasteiger partial charge in [0, 0.05) is 52.1 Å². The number of hydrogen-bond donors (Lipinski definition) is 0. The van der Waals surface area contributed by atoms with E-state index in [4.69, 9.17) is 0 Å². The fourth-order valence-corrected chi connectivity index (χ4v) is 4.62. The van der Waals surface area contributed by atoms with Crippen molar-refractivity contribution < 1.29 is 14.3 Å². The number of unbranched alkanes of at least 4 members (excludes halogenated alkanes) is 3. The number of rotatable bonds is 19. The minimum absolute atomic E-state index is 0.357. The van der Waals surface area contributed by atoms with Gasteiger partial charge in [0.05, 0.1) is 0 Å². The van der Waals surface area contributed by atoms with Gasteiger partial charge in [-0.1, -0.05) is 116 Å². The average molecular weight is 571 g/mol. The van der Waals surface area contributed by atoms with Crippen LogP contribution < -0.4 is 0 Å². The number of carbonyl (C=O) groups is 2. The van der Waals surface area contributed by atoms with Crippen molar-refractivity contribution in [1.29, 1.82) is 0 Å². The summed E-state index contributed by atoms with van der Waals surface area (Å²) in [6.07, 6.45) is 5.35. The Morgan fingerprint density at radius 2 is 0.700 bits per heavy atom. The van der Waals surface area contributed by atoms with Crippen LogP contribution in [0.3, 0.4) is 0 Å². The lowest BCUT2D eigenvalue weighted by molar-refractivity contribution is -0.159. The van der Waals surface area contributed by atoms with E-state index >= 15 is 0 Å². The zero-order valence-electron chi connectivity index (χ0n) is 29.8. The normalized spacial score (nSPS) is 11.6. The van der Waals surface area contributed by atoms with Crippen LogP contribution in [0.5, 0.6) is 0 Å². The molecule has 0 heterocycles. The molecule has 0 saturated heterocycles. The fraction of sp³-hybridized carbons (Fsp3) is 0.943. The molecule has 0 radical (unpaired) electrons. The van der Waals surface area contributed by atoms with Gasteiger partial charge in [-0.25, -0.2) is 0 Å². The SMILES string of the molecule is CC(C)CN(CC(C)C)CC(C)C.CC(C)CN(CC(C)C)CC(C)C.CCCCCC(=O)OC(=O)CCCC.